The smallest absolute Gasteiger partial charge is 0.220 e. The van der Waals surface area contributed by atoms with Crippen LogP contribution in [0.2, 0.25) is 0 Å². The molecule has 0 aromatic heterocycles. The first-order valence-corrected chi connectivity index (χ1v) is 36.5. The molecule has 0 aromatic carbocycles. The highest BCUT2D eigenvalue weighted by Crippen LogP contribution is 2.30. The summed E-state index contributed by atoms with van der Waals surface area (Å²) in [6.45, 7) is 2.72. The van der Waals surface area contributed by atoms with E-state index in [0.29, 0.717) is 6.42 Å². The third kappa shape index (κ3) is 42.0. The third-order valence-corrected chi connectivity index (χ3v) is 17.7. The van der Waals surface area contributed by atoms with Crippen molar-refractivity contribution >= 4 is 5.91 Å². The molecule has 0 aliphatic carbocycles. The molecule has 1 amide bonds. The predicted octanol–water partition coefficient (Wildman–Crippen LogP) is 15.2. The van der Waals surface area contributed by atoms with Crippen LogP contribution in [0.1, 0.15) is 309 Å². The largest absolute Gasteiger partial charge is 0.394 e. The normalized spacial score (nSPS) is 23.5. The van der Waals surface area contributed by atoms with E-state index in [0.717, 1.165) is 64.2 Å². The maximum atomic E-state index is 13.3. The highest BCUT2D eigenvalue weighted by atomic mass is 16.7. The summed E-state index contributed by atoms with van der Waals surface area (Å²) in [4.78, 5) is 13.3. The molecule has 0 spiro atoms. The zero-order valence-corrected chi connectivity index (χ0v) is 56.0. The monoisotopic (exact) mass is 1250 g/mol. The van der Waals surface area contributed by atoms with Crippen molar-refractivity contribution in [3.05, 3.63) is 60.8 Å². The van der Waals surface area contributed by atoms with E-state index >= 15 is 0 Å². The summed E-state index contributed by atoms with van der Waals surface area (Å²) < 4.78 is 22.9. The summed E-state index contributed by atoms with van der Waals surface area (Å²) in [5, 5.41) is 87.4. The average molecular weight is 1250 g/mol. The number of aliphatic hydroxyl groups excluding tert-OH is 8. The van der Waals surface area contributed by atoms with E-state index in [1.807, 2.05) is 6.08 Å². The number of hydrogen-bond acceptors (Lipinski definition) is 13. The van der Waals surface area contributed by atoms with Crippen LogP contribution in [0, 0.1) is 0 Å². The minimum atomic E-state index is -1.79. The van der Waals surface area contributed by atoms with E-state index in [9.17, 15) is 45.6 Å². The lowest BCUT2D eigenvalue weighted by Gasteiger charge is -2.46. The summed E-state index contributed by atoms with van der Waals surface area (Å²) in [6, 6.07) is -0.914. The Balaban J connectivity index is 1.59. The molecule has 514 valence electrons. The Kier molecular flexibility index (Phi) is 54.4. The SMILES string of the molecule is CC/C=C\C/C=C\C/C=C\C/C=C\CCCCCCCCCCCCCCCCCCCCCCCCCCC(=O)NC(COC1OC(CO)C(OC2OC(CO)C(O)C(O)C2O)C(O)C1O)C(O)/C=C/CCCCCCCCCCCCCCCCC. The molecule has 0 bridgehead atoms. The lowest BCUT2D eigenvalue weighted by Crippen LogP contribution is -2.65. The zero-order valence-electron chi connectivity index (χ0n) is 56.0. The number of carbonyl (C=O) groups is 1. The van der Waals surface area contributed by atoms with E-state index in [-0.39, 0.29) is 18.9 Å². The molecule has 14 nitrogen and oxygen atoms in total. The van der Waals surface area contributed by atoms with Gasteiger partial charge in [0.25, 0.3) is 0 Å². The van der Waals surface area contributed by atoms with Gasteiger partial charge in [0.15, 0.2) is 12.6 Å². The minimum absolute atomic E-state index is 0.234. The van der Waals surface area contributed by atoms with Gasteiger partial charge in [-0.15, -0.1) is 0 Å². The maximum absolute atomic E-state index is 13.3. The van der Waals surface area contributed by atoms with Gasteiger partial charge in [-0.2, -0.15) is 0 Å². The molecule has 12 atom stereocenters. The summed E-state index contributed by atoms with van der Waals surface area (Å²) in [5.41, 5.74) is 0. The van der Waals surface area contributed by atoms with Gasteiger partial charge in [0.2, 0.25) is 5.91 Å². The van der Waals surface area contributed by atoms with Crippen LogP contribution >= 0.6 is 0 Å². The Bertz CT molecular complexity index is 1710. The van der Waals surface area contributed by atoms with Crippen molar-refractivity contribution in [2.75, 3.05) is 19.8 Å². The van der Waals surface area contributed by atoms with Crippen LogP contribution in [-0.2, 0) is 23.7 Å². The number of aliphatic hydroxyl groups is 8. The Morgan fingerprint density at radius 2 is 0.784 bits per heavy atom. The maximum Gasteiger partial charge on any atom is 0.220 e. The first-order valence-electron chi connectivity index (χ1n) is 36.5. The molecule has 2 saturated heterocycles. The topological polar surface area (TPSA) is 228 Å². The van der Waals surface area contributed by atoms with Gasteiger partial charge < -0.3 is 65.1 Å². The van der Waals surface area contributed by atoms with Crippen LogP contribution in [0.25, 0.3) is 0 Å². The molecule has 2 heterocycles. The average Bonchev–Trinajstić information content (AvgIpc) is 2.07. The molecular weight excluding hydrogens is 1110 g/mol. The number of carbonyl (C=O) groups excluding carboxylic acids is 1. The molecule has 0 saturated carbocycles. The fourth-order valence-electron chi connectivity index (χ4n) is 11.9. The molecular formula is C74H135NO13. The molecule has 0 aromatic rings. The van der Waals surface area contributed by atoms with Crippen LogP contribution in [0.4, 0.5) is 0 Å². The molecule has 2 fully saturated rings. The van der Waals surface area contributed by atoms with E-state index < -0.39 is 86.8 Å². The van der Waals surface area contributed by atoms with Gasteiger partial charge in [-0.1, -0.05) is 306 Å². The van der Waals surface area contributed by atoms with Crippen molar-refractivity contribution in [1.82, 2.24) is 5.32 Å². The van der Waals surface area contributed by atoms with Gasteiger partial charge >= 0.3 is 0 Å². The summed E-state index contributed by atoms with van der Waals surface area (Å²) >= 11 is 0. The molecule has 2 aliphatic rings. The van der Waals surface area contributed by atoms with E-state index in [2.05, 4.69) is 67.8 Å². The molecule has 2 rings (SSSR count). The zero-order chi connectivity index (χ0) is 63.8. The van der Waals surface area contributed by atoms with Crippen molar-refractivity contribution in [1.29, 1.82) is 0 Å². The number of nitrogens with one attached hydrogen (secondary N) is 1. The van der Waals surface area contributed by atoms with Crippen LogP contribution in [-0.4, -0.2) is 140 Å². The lowest BCUT2D eigenvalue weighted by molar-refractivity contribution is -0.359. The standard InChI is InChI=1S/C74H135NO13/c1-3-5-7-9-11-13-15-17-19-21-22-23-24-25-26-27-28-29-30-31-32-33-34-35-36-37-38-39-40-42-44-46-48-50-52-54-56-58-66(79)75-62(63(78)57-55-53-51-49-47-45-43-41-20-18-16-14-12-10-8-6-4-2)61-85-73-71(84)69(82)72(65(60-77)87-73)88-74-70(83)68(81)67(80)64(59-76)86-74/h5,7,11,13,17,19,22-23,55,57,62-65,67-74,76-78,80-84H,3-4,6,8-10,12,14-16,18,20-21,24-54,56,58-61H2,1-2H3,(H,75,79)/b7-5-,13-11-,19-17-,23-22-,57-55+. The van der Waals surface area contributed by atoms with Crippen LogP contribution in [0.5, 0.6) is 0 Å². The molecule has 0 radical (unpaired) electrons. The number of unbranched alkanes of at least 4 members (excludes halogenated alkanes) is 39. The highest BCUT2D eigenvalue weighted by Gasteiger charge is 2.51. The Morgan fingerprint density at radius 3 is 1.20 bits per heavy atom. The third-order valence-electron chi connectivity index (χ3n) is 17.7. The van der Waals surface area contributed by atoms with Crippen molar-refractivity contribution in [3.8, 4) is 0 Å². The number of hydrogen-bond donors (Lipinski definition) is 9. The van der Waals surface area contributed by atoms with Gasteiger partial charge in [0.05, 0.1) is 32.0 Å². The molecule has 88 heavy (non-hydrogen) atoms. The van der Waals surface area contributed by atoms with Crippen molar-refractivity contribution in [2.24, 2.45) is 0 Å². The fourth-order valence-corrected chi connectivity index (χ4v) is 11.9. The lowest BCUT2D eigenvalue weighted by atomic mass is 9.97. The summed E-state index contributed by atoms with van der Waals surface area (Å²) in [6.07, 6.45) is 61.5. The van der Waals surface area contributed by atoms with Crippen molar-refractivity contribution < 1.29 is 64.6 Å². The van der Waals surface area contributed by atoms with Gasteiger partial charge in [0, 0.05) is 6.42 Å². The molecule has 14 heteroatoms. The Labute approximate surface area is 536 Å². The number of amides is 1. The summed E-state index contributed by atoms with van der Waals surface area (Å²) in [5.74, 6) is -0.234. The van der Waals surface area contributed by atoms with Crippen LogP contribution in [0.15, 0.2) is 60.8 Å². The fraction of sp³-hybridized carbons (Fsp3) is 0.851. The van der Waals surface area contributed by atoms with Gasteiger partial charge in [-0.05, 0) is 57.8 Å². The van der Waals surface area contributed by atoms with E-state index in [1.165, 1.54) is 218 Å². The van der Waals surface area contributed by atoms with Crippen molar-refractivity contribution in [2.45, 2.75) is 383 Å². The van der Waals surface area contributed by atoms with Gasteiger partial charge in [-0.25, -0.2) is 0 Å². The van der Waals surface area contributed by atoms with Crippen LogP contribution in [0.3, 0.4) is 0 Å². The first kappa shape index (κ1) is 81.8. The number of rotatable bonds is 60. The second-order valence-corrected chi connectivity index (χ2v) is 25.7. The van der Waals surface area contributed by atoms with E-state index in [1.54, 1.807) is 6.08 Å². The Morgan fingerprint density at radius 1 is 0.420 bits per heavy atom. The van der Waals surface area contributed by atoms with E-state index in [4.69, 9.17) is 18.9 Å². The molecule has 9 N–H and O–H groups in total. The first-order chi connectivity index (χ1) is 43.1. The Hall–Kier alpha value is -2.31. The number of ether oxygens (including phenoxy) is 4. The molecule has 12 unspecified atom stereocenters. The predicted molar refractivity (Wildman–Crippen MR) is 360 cm³/mol. The molecule has 2 aliphatic heterocycles. The number of allylic oxidation sites excluding steroid dienone is 9. The highest BCUT2D eigenvalue weighted by molar-refractivity contribution is 5.76. The quantitative estimate of drug-likeness (QED) is 0.0204. The van der Waals surface area contributed by atoms with Gasteiger partial charge in [-0.3, -0.25) is 4.79 Å². The second kappa shape index (κ2) is 58.5. The second-order valence-electron chi connectivity index (χ2n) is 25.7. The van der Waals surface area contributed by atoms with Crippen LogP contribution < -0.4 is 5.32 Å². The van der Waals surface area contributed by atoms with Gasteiger partial charge in [0.1, 0.15) is 48.8 Å². The minimum Gasteiger partial charge on any atom is -0.394 e. The summed E-state index contributed by atoms with van der Waals surface area (Å²) in [7, 11) is 0. The van der Waals surface area contributed by atoms with Crippen molar-refractivity contribution in [3.63, 3.8) is 0 Å².